The number of fused-ring (bicyclic) bond motifs is 4. The van der Waals surface area contributed by atoms with Gasteiger partial charge in [0.15, 0.2) is 0 Å². The summed E-state index contributed by atoms with van der Waals surface area (Å²) in [6.45, 7) is 6.21. The first-order valence-corrected chi connectivity index (χ1v) is 11.0. The molecule has 7 nitrogen and oxygen atoms in total. The van der Waals surface area contributed by atoms with Crippen LogP contribution in [0.1, 0.15) is 43.1 Å². The molecule has 32 heavy (non-hydrogen) atoms. The van der Waals surface area contributed by atoms with E-state index in [-0.39, 0.29) is 36.3 Å². The van der Waals surface area contributed by atoms with Gasteiger partial charge in [-0.3, -0.25) is 0 Å². The highest BCUT2D eigenvalue weighted by molar-refractivity contribution is 5.95. The molecular weight excluding hydrogens is 410 g/mol. The van der Waals surface area contributed by atoms with Crippen molar-refractivity contribution in [2.24, 2.45) is 5.92 Å². The minimum absolute atomic E-state index is 0.0656. The van der Waals surface area contributed by atoms with Crippen LogP contribution < -0.4 is 4.74 Å². The van der Waals surface area contributed by atoms with Crippen molar-refractivity contribution in [3.8, 4) is 5.75 Å². The van der Waals surface area contributed by atoms with Gasteiger partial charge in [-0.25, -0.2) is 9.59 Å². The lowest BCUT2D eigenvalue weighted by molar-refractivity contribution is -0.140. The fraction of sp³-hybridized carbons (Fsp3) is 0.440. The number of allylic oxidation sites excluding steroid dienone is 1. The van der Waals surface area contributed by atoms with Gasteiger partial charge in [0, 0.05) is 22.4 Å². The van der Waals surface area contributed by atoms with Gasteiger partial charge in [0.05, 0.1) is 12.7 Å². The van der Waals surface area contributed by atoms with Crippen molar-refractivity contribution in [1.82, 2.24) is 4.98 Å². The number of carbonyl (C=O) groups excluding carboxylic acids is 2. The number of aromatic amines is 1. The Morgan fingerprint density at radius 2 is 2.19 bits per heavy atom. The Morgan fingerprint density at radius 1 is 1.34 bits per heavy atom. The quantitative estimate of drug-likeness (QED) is 0.335. The largest absolute Gasteiger partial charge is 0.497 e. The summed E-state index contributed by atoms with van der Waals surface area (Å²) in [5.74, 6) is -0.0787. The number of rotatable bonds is 4. The summed E-state index contributed by atoms with van der Waals surface area (Å²) in [4.78, 5) is 27.9. The van der Waals surface area contributed by atoms with Gasteiger partial charge < -0.3 is 23.9 Å². The lowest BCUT2D eigenvalue weighted by atomic mass is 9.84. The number of H-pyrrole nitrogens is 1. The topological polar surface area (TPSA) is 90.2 Å². The molecule has 1 aromatic heterocycles. The number of methoxy groups -OCH3 is 1. The van der Waals surface area contributed by atoms with E-state index in [9.17, 15) is 9.59 Å². The van der Waals surface area contributed by atoms with Crippen LogP contribution in [0.25, 0.3) is 10.9 Å². The Morgan fingerprint density at radius 3 is 3.00 bits per heavy atom. The van der Waals surface area contributed by atoms with E-state index in [4.69, 9.17) is 18.9 Å². The van der Waals surface area contributed by atoms with Gasteiger partial charge in [-0.05, 0) is 62.4 Å². The van der Waals surface area contributed by atoms with Crippen LogP contribution in [0.4, 0.5) is 0 Å². The maximum atomic E-state index is 12.7. The second kappa shape index (κ2) is 7.81. The van der Waals surface area contributed by atoms with Crippen molar-refractivity contribution in [2.45, 2.75) is 50.4 Å². The van der Waals surface area contributed by atoms with Gasteiger partial charge in [0.2, 0.25) is 0 Å². The summed E-state index contributed by atoms with van der Waals surface area (Å²) >= 11 is 0. The van der Waals surface area contributed by atoms with Crippen LogP contribution >= 0.6 is 0 Å². The molecule has 1 aromatic carbocycles. The summed E-state index contributed by atoms with van der Waals surface area (Å²) in [6.07, 6.45) is 4.85. The molecule has 3 aliphatic rings. The number of epoxide rings is 1. The summed E-state index contributed by atoms with van der Waals surface area (Å²) in [5, 5.41) is 0.886. The van der Waals surface area contributed by atoms with Gasteiger partial charge in [-0.15, -0.1) is 0 Å². The fourth-order valence-electron chi connectivity index (χ4n) is 4.83. The SMILES string of the molecule is C=C1C(=O)O[C@H]2[C@H]1CC/C(COC(=O)c1cc3cc(OC)ccc3[nH]1)=C\CC[C@@]1(C)O[C@@H]21. The number of carbonyl (C=O) groups is 2. The molecule has 3 heterocycles. The highest BCUT2D eigenvalue weighted by atomic mass is 16.6. The van der Waals surface area contributed by atoms with Crippen molar-refractivity contribution >= 4 is 22.8 Å². The zero-order valence-corrected chi connectivity index (χ0v) is 18.3. The third kappa shape index (κ3) is 3.71. The highest BCUT2D eigenvalue weighted by Gasteiger charge is 2.61. The van der Waals surface area contributed by atoms with Crippen LogP contribution in [0.15, 0.2) is 48.1 Å². The lowest BCUT2D eigenvalue weighted by Crippen LogP contribution is -2.29. The van der Waals surface area contributed by atoms with Crippen LogP contribution in [0, 0.1) is 5.92 Å². The van der Waals surface area contributed by atoms with E-state index in [1.54, 1.807) is 13.2 Å². The molecular formula is C25H27NO6. The van der Waals surface area contributed by atoms with Crippen LogP contribution in [0.3, 0.4) is 0 Å². The first kappa shape index (κ1) is 20.8. The van der Waals surface area contributed by atoms with Crippen molar-refractivity contribution in [2.75, 3.05) is 13.7 Å². The Hall–Kier alpha value is -3.06. The van der Waals surface area contributed by atoms with E-state index in [0.717, 1.165) is 35.1 Å². The van der Waals surface area contributed by atoms with E-state index in [0.29, 0.717) is 24.1 Å². The van der Waals surface area contributed by atoms with E-state index in [2.05, 4.69) is 24.6 Å². The van der Waals surface area contributed by atoms with Gasteiger partial charge in [-0.2, -0.15) is 0 Å². The molecule has 2 fully saturated rings. The average Bonchev–Trinajstić information content (AvgIpc) is 3.13. The second-order valence-corrected chi connectivity index (χ2v) is 9.00. The molecule has 0 radical (unpaired) electrons. The monoisotopic (exact) mass is 437 g/mol. The van der Waals surface area contributed by atoms with E-state index >= 15 is 0 Å². The van der Waals surface area contributed by atoms with Crippen LogP contribution in [-0.4, -0.2) is 48.4 Å². The Bertz CT molecular complexity index is 1130. The standard InChI is InChI=1S/C25H27NO6/c1-14-18-8-6-15(5-4-10-25(2)22(32-25)21(18)31-23(14)27)13-30-24(28)20-12-16-11-17(29-3)7-9-19(16)26-20/h5,7,9,11-12,18,21-22,26H,1,4,6,8,10,13H2,2-3H3/b15-5+/t18-,21-,22-,25+/m0/s1. The normalized spacial score (nSPS) is 31.2. The first-order valence-electron chi connectivity index (χ1n) is 11.0. The van der Waals surface area contributed by atoms with Crippen molar-refractivity contribution in [3.63, 3.8) is 0 Å². The number of aromatic nitrogens is 1. The van der Waals surface area contributed by atoms with Gasteiger partial charge in [0.1, 0.15) is 30.3 Å². The van der Waals surface area contributed by atoms with Crippen LogP contribution in [0.5, 0.6) is 5.75 Å². The molecule has 0 unspecified atom stereocenters. The van der Waals surface area contributed by atoms with E-state index < -0.39 is 5.97 Å². The van der Waals surface area contributed by atoms with Crippen molar-refractivity contribution < 1.29 is 28.5 Å². The summed E-state index contributed by atoms with van der Waals surface area (Å²) in [5.41, 5.74) is 2.51. The summed E-state index contributed by atoms with van der Waals surface area (Å²) in [6, 6.07) is 7.35. The molecule has 168 valence electrons. The lowest BCUT2D eigenvalue weighted by Gasteiger charge is -2.20. The zero-order valence-electron chi connectivity index (χ0n) is 18.3. The second-order valence-electron chi connectivity index (χ2n) is 9.00. The van der Waals surface area contributed by atoms with E-state index in [1.807, 2.05) is 18.2 Å². The average molecular weight is 437 g/mol. The third-order valence-corrected chi connectivity index (χ3v) is 6.88. The van der Waals surface area contributed by atoms with Crippen LogP contribution in [-0.2, 0) is 19.0 Å². The van der Waals surface area contributed by atoms with Crippen LogP contribution in [0.2, 0.25) is 0 Å². The molecule has 1 N–H and O–H groups in total. The maximum Gasteiger partial charge on any atom is 0.355 e. The minimum atomic E-state index is -0.405. The zero-order chi connectivity index (χ0) is 22.5. The molecule has 2 saturated heterocycles. The molecule has 7 heteroatoms. The van der Waals surface area contributed by atoms with E-state index in [1.165, 1.54) is 0 Å². The molecule has 4 atom stereocenters. The smallest absolute Gasteiger partial charge is 0.355 e. The molecule has 0 bridgehead atoms. The molecule has 5 rings (SSSR count). The Balaban J connectivity index is 1.27. The number of esters is 2. The van der Waals surface area contributed by atoms with Crippen molar-refractivity contribution in [3.05, 3.63) is 53.8 Å². The molecule has 0 amide bonds. The fourth-order valence-corrected chi connectivity index (χ4v) is 4.83. The molecule has 2 aliphatic heterocycles. The molecule has 2 aromatic rings. The summed E-state index contributed by atoms with van der Waals surface area (Å²) < 4.78 is 22.4. The number of hydrogen-bond acceptors (Lipinski definition) is 6. The van der Waals surface area contributed by atoms with Gasteiger partial charge in [-0.1, -0.05) is 12.7 Å². The molecule has 0 spiro atoms. The summed E-state index contributed by atoms with van der Waals surface area (Å²) in [7, 11) is 1.61. The van der Waals surface area contributed by atoms with Crippen molar-refractivity contribution in [1.29, 1.82) is 0 Å². The first-order chi connectivity index (χ1) is 15.4. The maximum absolute atomic E-state index is 12.7. The molecule has 0 saturated carbocycles. The third-order valence-electron chi connectivity index (χ3n) is 6.88. The van der Waals surface area contributed by atoms with Gasteiger partial charge in [0.25, 0.3) is 0 Å². The Kier molecular flexibility index (Phi) is 5.08. The Labute approximate surface area is 186 Å². The predicted octanol–water partition coefficient (Wildman–Crippen LogP) is 4.09. The number of nitrogens with one attached hydrogen (secondary N) is 1. The highest BCUT2D eigenvalue weighted by Crippen LogP contribution is 2.49. The van der Waals surface area contributed by atoms with Gasteiger partial charge >= 0.3 is 11.9 Å². The predicted molar refractivity (Wildman–Crippen MR) is 117 cm³/mol. The molecule has 1 aliphatic carbocycles. The number of benzene rings is 1. The minimum Gasteiger partial charge on any atom is -0.497 e. The number of ether oxygens (including phenoxy) is 4. The number of hydrogen-bond donors (Lipinski definition) is 1.